The summed E-state index contributed by atoms with van der Waals surface area (Å²) in [5, 5.41) is 12.8. The van der Waals surface area contributed by atoms with Crippen molar-refractivity contribution in [2.75, 3.05) is 20.3 Å². The molecule has 0 bridgehead atoms. The second-order valence-electron chi connectivity index (χ2n) is 4.65. The van der Waals surface area contributed by atoms with Gasteiger partial charge in [0.05, 0.1) is 5.56 Å². The molecule has 3 rings (SSSR count). The molecule has 1 fully saturated rings. The molecule has 104 valence electrons. The highest BCUT2D eigenvalue weighted by Crippen LogP contribution is 2.34. The lowest BCUT2D eigenvalue weighted by molar-refractivity contribution is -0.101. The summed E-state index contributed by atoms with van der Waals surface area (Å²) >= 11 is 0. The van der Waals surface area contributed by atoms with Gasteiger partial charge in [-0.1, -0.05) is 5.16 Å². The first kappa shape index (κ1) is 12.8. The second kappa shape index (κ2) is 5.07. The number of hydrogen-bond acceptors (Lipinski definition) is 6. The van der Waals surface area contributed by atoms with Crippen LogP contribution in [0.2, 0.25) is 0 Å². The van der Waals surface area contributed by atoms with Crippen LogP contribution in [-0.2, 0) is 15.1 Å². The van der Waals surface area contributed by atoms with Gasteiger partial charge in [0.15, 0.2) is 0 Å². The van der Waals surface area contributed by atoms with Gasteiger partial charge in [-0.3, -0.25) is 0 Å². The van der Waals surface area contributed by atoms with Crippen LogP contribution in [0.25, 0.3) is 11.5 Å². The van der Waals surface area contributed by atoms with Gasteiger partial charge in [-0.2, -0.15) is 10.2 Å². The molecule has 1 saturated heterocycles. The Morgan fingerprint density at radius 1 is 1.45 bits per heavy atom. The zero-order valence-corrected chi connectivity index (χ0v) is 11.0. The molecule has 0 aliphatic carbocycles. The van der Waals surface area contributed by atoms with E-state index in [2.05, 4.69) is 15.1 Å². The minimum atomic E-state index is -0.547. The summed E-state index contributed by atoms with van der Waals surface area (Å²) in [4.78, 5) is 7.23. The molecule has 20 heavy (non-hydrogen) atoms. The Bertz CT molecular complexity index is 634. The van der Waals surface area contributed by atoms with E-state index in [1.54, 1.807) is 19.4 Å². The Hall–Kier alpha value is -2.17. The zero-order chi connectivity index (χ0) is 14.0. The maximum absolute atomic E-state index is 8.80. The first-order chi connectivity index (χ1) is 9.77. The molecule has 1 aliphatic heterocycles. The van der Waals surface area contributed by atoms with Crippen molar-refractivity contribution >= 4 is 0 Å². The van der Waals surface area contributed by atoms with E-state index in [0.717, 1.165) is 0 Å². The summed E-state index contributed by atoms with van der Waals surface area (Å²) < 4.78 is 16.2. The van der Waals surface area contributed by atoms with Gasteiger partial charge in [-0.25, -0.2) is 0 Å². The van der Waals surface area contributed by atoms with Gasteiger partial charge in [-0.15, -0.1) is 0 Å². The standard InChI is InChI=1S/C13H14N4O3/c1-18-13(2-4-19-5-3-13)12-16-11(20-17-12)9-6-10(7-14)15-8-9/h6,8,15H,2-5H2,1H3. The predicted octanol–water partition coefficient (Wildman–Crippen LogP) is 1.59. The Labute approximate surface area is 115 Å². The number of rotatable bonds is 3. The number of ether oxygens (including phenoxy) is 2. The third-order valence-corrected chi connectivity index (χ3v) is 3.58. The topological polar surface area (TPSA) is 97.0 Å². The fraction of sp³-hybridized carbons (Fsp3) is 0.462. The molecule has 0 amide bonds. The Balaban J connectivity index is 1.91. The fourth-order valence-corrected chi connectivity index (χ4v) is 2.33. The van der Waals surface area contributed by atoms with Gasteiger partial charge in [-0.05, 0) is 6.07 Å². The molecule has 0 spiro atoms. The minimum absolute atomic E-state index is 0.376. The SMILES string of the molecule is COC1(c2noc(-c3c[nH]c(C#N)c3)n2)CCOCC1. The number of methoxy groups -OCH3 is 1. The monoisotopic (exact) mass is 274 g/mol. The molecule has 0 aromatic carbocycles. The van der Waals surface area contributed by atoms with Crippen LogP contribution >= 0.6 is 0 Å². The summed E-state index contributed by atoms with van der Waals surface area (Å²) in [5.41, 5.74) is 0.597. The average molecular weight is 274 g/mol. The van der Waals surface area contributed by atoms with Gasteiger partial charge in [0.1, 0.15) is 17.4 Å². The average Bonchev–Trinajstić information content (AvgIpc) is 3.16. The molecule has 0 saturated carbocycles. The van der Waals surface area contributed by atoms with Crippen LogP contribution in [0.15, 0.2) is 16.8 Å². The largest absolute Gasteiger partial charge is 0.381 e. The maximum Gasteiger partial charge on any atom is 0.259 e. The summed E-state index contributed by atoms with van der Waals surface area (Å²) in [6.45, 7) is 1.22. The van der Waals surface area contributed by atoms with E-state index in [0.29, 0.717) is 49.0 Å². The van der Waals surface area contributed by atoms with Gasteiger partial charge in [0.25, 0.3) is 5.89 Å². The molecular formula is C13H14N4O3. The molecule has 0 radical (unpaired) electrons. The molecule has 2 aromatic heterocycles. The second-order valence-corrected chi connectivity index (χ2v) is 4.65. The summed E-state index contributed by atoms with van der Waals surface area (Å²) in [6, 6.07) is 3.69. The van der Waals surface area contributed by atoms with Gasteiger partial charge in [0, 0.05) is 39.4 Å². The lowest BCUT2D eigenvalue weighted by atomic mass is 9.93. The van der Waals surface area contributed by atoms with Crippen LogP contribution in [0.5, 0.6) is 0 Å². The predicted molar refractivity (Wildman–Crippen MR) is 67.5 cm³/mol. The number of nitrogens with one attached hydrogen (secondary N) is 1. The van der Waals surface area contributed by atoms with Crippen LogP contribution in [0, 0.1) is 11.3 Å². The van der Waals surface area contributed by atoms with Crippen LogP contribution in [0.3, 0.4) is 0 Å². The van der Waals surface area contributed by atoms with E-state index in [1.807, 2.05) is 6.07 Å². The maximum atomic E-state index is 8.80. The number of nitrogens with zero attached hydrogens (tertiary/aromatic N) is 3. The van der Waals surface area contributed by atoms with Crippen molar-refractivity contribution in [1.82, 2.24) is 15.1 Å². The highest BCUT2D eigenvalue weighted by molar-refractivity contribution is 5.54. The van der Waals surface area contributed by atoms with E-state index in [9.17, 15) is 0 Å². The van der Waals surface area contributed by atoms with Crippen molar-refractivity contribution in [3.05, 3.63) is 23.8 Å². The summed E-state index contributed by atoms with van der Waals surface area (Å²) in [6.07, 6.45) is 3.05. The highest BCUT2D eigenvalue weighted by Gasteiger charge is 2.39. The molecule has 7 nitrogen and oxygen atoms in total. The molecule has 0 atom stereocenters. The van der Waals surface area contributed by atoms with Crippen molar-refractivity contribution in [3.8, 4) is 17.5 Å². The molecular weight excluding hydrogens is 260 g/mol. The minimum Gasteiger partial charge on any atom is -0.381 e. The van der Waals surface area contributed by atoms with Crippen molar-refractivity contribution in [3.63, 3.8) is 0 Å². The van der Waals surface area contributed by atoms with E-state index < -0.39 is 5.60 Å². The van der Waals surface area contributed by atoms with Crippen LogP contribution in [0.1, 0.15) is 24.4 Å². The molecule has 2 aromatic rings. The third kappa shape index (κ3) is 2.09. The van der Waals surface area contributed by atoms with Crippen LogP contribution < -0.4 is 0 Å². The molecule has 1 aliphatic rings. The summed E-state index contributed by atoms with van der Waals surface area (Å²) in [5.74, 6) is 0.902. The van der Waals surface area contributed by atoms with E-state index >= 15 is 0 Å². The van der Waals surface area contributed by atoms with Gasteiger partial charge < -0.3 is 19.0 Å². The number of aromatic nitrogens is 3. The van der Waals surface area contributed by atoms with Crippen LogP contribution in [-0.4, -0.2) is 35.4 Å². The fourth-order valence-electron chi connectivity index (χ4n) is 2.33. The number of nitriles is 1. The first-order valence-corrected chi connectivity index (χ1v) is 6.33. The lowest BCUT2D eigenvalue weighted by Gasteiger charge is -2.32. The summed E-state index contributed by atoms with van der Waals surface area (Å²) in [7, 11) is 1.64. The van der Waals surface area contributed by atoms with Crippen molar-refractivity contribution < 1.29 is 14.0 Å². The number of aromatic amines is 1. The third-order valence-electron chi connectivity index (χ3n) is 3.58. The van der Waals surface area contributed by atoms with E-state index in [1.165, 1.54) is 0 Å². The molecule has 1 N–H and O–H groups in total. The van der Waals surface area contributed by atoms with Gasteiger partial charge in [0.2, 0.25) is 5.82 Å². The Morgan fingerprint density at radius 3 is 2.90 bits per heavy atom. The van der Waals surface area contributed by atoms with E-state index in [4.69, 9.17) is 19.3 Å². The number of H-pyrrole nitrogens is 1. The van der Waals surface area contributed by atoms with Gasteiger partial charge >= 0.3 is 0 Å². The normalized spacial score (nSPS) is 17.8. The van der Waals surface area contributed by atoms with Crippen LogP contribution in [0.4, 0.5) is 0 Å². The first-order valence-electron chi connectivity index (χ1n) is 6.33. The number of hydrogen-bond donors (Lipinski definition) is 1. The highest BCUT2D eigenvalue weighted by atomic mass is 16.5. The van der Waals surface area contributed by atoms with E-state index in [-0.39, 0.29) is 0 Å². The Kier molecular flexibility index (Phi) is 3.26. The van der Waals surface area contributed by atoms with Crippen molar-refractivity contribution in [2.45, 2.75) is 18.4 Å². The molecule has 0 unspecified atom stereocenters. The smallest absolute Gasteiger partial charge is 0.259 e. The lowest BCUT2D eigenvalue weighted by Crippen LogP contribution is -2.36. The molecule has 7 heteroatoms. The zero-order valence-electron chi connectivity index (χ0n) is 11.0. The Morgan fingerprint density at radius 2 is 2.25 bits per heavy atom. The van der Waals surface area contributed by atoms with Crippen molar-refractivity contribution in [2.24, 2.45) is 0 Å². The quantitative estimate of drug-likeness (QED) is 0.912. The van der Waals surface area contributed by atoms with Crippen molar-refractivity contribution in [1.29, 1.82) is 5.26 Å². The molecule has 3 heterocycles.